The lowest BCUT2D eigenvalue weighted by Gasteiger charge is -2.30. The molecule has 1 aliphatic heterocycles. The van der Waals surface area contributed by atoms with E-state index in [0.717, 1.165) is 18.9 Å². The van der Waals surface area contributed by atoms with Crippen LogP contribution in [-0.4, -0.2) is 23.9 Å². The van der Waals surface area contributed by atoms with Crippen molar-refractivity contribution < 1.29 is 13.6 Å². The van der Waals surface area contributed by atoms with Gasteiger partial charge in [0.2, 0.25) is 0 Å². The molecular weight excluding hydrogens is 304 g/mol. The fourth-order valence-corrected chi connectivity index (χ4v) is 2.42. The van der Waals surface area contributed by atoms with Crippen LogP contribution in [-0.2, 0) is 0 Å². The third kappa shape index (κ3) is 2.55. The van der Waals surface area contributed by atoms with Crippen LogP contribution in [0.25, 0.3) is 0 Å². The number of benzene rings is 1. The highest BCUT2D eigenvalue weighted by Crippen LogP contribution is 2.25. The van der Waals surface area contributed by atoms with E-state index in [1.54, 1.807) is 0 Å². The van der Waals surface area contributed by atoms with Gasteiger partial charge in [-0.05, 0) is 46.8 Å². The maximum absolute atomic E-state index is 13.8. The fraction of sp³-hybridized carbons (Fsp3) is 0.462. The van der Waals surface area contributed by atoms with Crippen LogP contribution in [0.3, 0.4) is 0 Å². The molecule has 0 bridgehead atoms. The number of hydrogen-bond acceptors (Lipinski definition) is 1. The first-order valence-corrected chi connectivity index (χ1v) is 6.72. The number of amides is 1. The summed E-state index contributed by atoms with van der Waals surface area (Å²) in [5.41, 5.74) is -0.459. The third-order valence-corrected chi connectivity index (χ3v) is 3.94. The van der Waals surface area contributed by atoms with Gasteiger partial charge >= 0.3 is 0 Å². The zero-order valence-corrected chi connectivity index (χ0v) is 11.6. The zero-order chi connectivity index (χ0) is 13.3. The van der Waals surface area contributed by atoms with Gasteiger partial charge in [-0.25, -0.2) is 8.78 Å². The average Bonchev–Trinajstić information content (AvgIpc) is 2.35. The number of rotatable bonds is 1. The Morgan fingerprint density at radius 3 is 2.56 bits per heavy atom. The fourth-order valence-electron chi connectivity index (χ4n) is 2.09. The molecule has 1 aromatic rings. The van der Waals surface area contributed by atoms with Gasteiger partial charge in [-0.2, -0.15) is 0 Å². The molecule has 0 aromatic heterocycles. The smallest absolute Gasteiger partial charge is 0.259 e. The third-order valence-electron chi connectivity index (χ3n) is 3.33. The van der Waals surface area contributed by atoms with E-state index < -0.39 is 23.1 Å². The molecule has 1 amide bonds. The minimum atomic E-state index is -0.821. The maximum Gasteiger partial charge on any atom is 0.259 e. The van der Waals surface area contributed by atoms with Crippen molar-refractivity contribution in [1.29, 1.82) is 0 Å². The number of piperidine rings is 1. The second kappa shape index (κ2) is 5.34. The molecular formula is C13H14BrF2NO. The van der Waals surface area contributed by atoms with Gasteiger partial charge < -0.3 is 4.90 Å². The van der Waals surface area contributed by atoms with Gasteiger partial charge in [-0.1, -0.05) is 6.92 Å². The Bertz CT molecular complexity index is 470. The molecule has 1 aromatic carbocycles. The van der Waals surface area contributed by atoms with Gasteiger partial charge in [0.15, 0.2) is 5.82 Å². The van der Waals surface area contributed by atoms with E-state index in [-0.39, 0.29) is 4.47 Å². The summed E-state index contributed by atoms with van der Waals surface area (Å²) >= 11 is 2.97. The van der Waals surface area contributed by atoms with Crippen LogP contribution >= 0.6 is 15.9 Å². The maximum atomic E-state index is 13.8. The number of nitrogens with zero attached hydrogens (tertiary/aromatic N) is 1. The summed E-state index contributed by atoms with van der Waals surface area (Å²) in [7, 11) is 0. The van der Waals surface area contributed by atoms with Crippen LogP contribution in [0.1, 0.15) is 30.1 Å². The van der Waals surface area contributed by atoms with Gasteiger partial charge in [0.05, 0.1) is 4.47 Å². The monoisotopic (exact) mass is 317 g/mol. The second-order valence-corrected chi connectivity index (χ2v) is 5.55. The number of likely N-dealkylation sites (tertiary alicyclic amines) is 1. The lowest BCUT2D eigenvalue weighted by Crippen LogP contribution is -2.38. The van der Waals surface area contributed by atoms with Crippen molar-refractivity contribution in [2.75, 3.05) is 13.1 Å². The standard InChI is InChI=1S/C13H14BrF2NO/c1-8-4-6-17(7-5-8)13(18)11-10(15)3-2-9(14)12(11)16/h2-3,8H,4-7H2,1H3. The molecule has 1 saturated heterocycles. The average molecular weight is 318 g/mol. The molecule has 0 atom stereocenters. The van der Waals surface area contributed by atoms with Gasteiger partial charge in [0, 0.05) is 13.1 Å². The molecule has 1 heterocycles. The Morgan fingerprint density at radius 1 is 1.33 bits per heavy atom. The first-order valence-electron chi connectivity index (χ1n) is 5.93. The van der Waals surface area contributed by atoms with E-state index in [4.69, 9.17) is 0 Å². The molecule has 5 heteroatoms. The molecule has 1 fully saturated rings. The second-order valence-electron chi connectivity index (χ2n) is 4.69. The molecule has 1 aliphatic rings. The van der Waals surface area contributed by atoms with Gasteiger partial charge in [0.25, 0.3) is 5.91 Å². The van der Waals surface area contributed by atoms with Gasteiger partial charge in [-0.3, -0.25) is 4.79 Å². The Hall–Kier alpha value is -0.970. The predicted molar refractivity (Wildman–Crippen MR) is 68.4 cm³/mol. The number of hydrogen-bond donors (Lipinski definition) is 0. The van der Waals surface area contributed by atoms with Crippen molar-refractivity contribution >= 4 is 21.8 Å². The lowest BCUT2D eigenvalue weighted by molar-refractivity contribution is 0.0687. The van der Waals surface area contributed by atoms with Crippen molar-refractivity contribution in [2.45, 2.75) is 19.8 Å². The lowest BCUT2D eigenvalue weighted by atomic mass is 9.98. The van der Waals surface area contributed by atoms with Crippen LogP contribution < -0.4 is 0 Å². The van der Waals surface area contributed by atoms with E-state index in [1.165, 1.54) is 11.0 Å². The first kappa shape index (κ1) is 13.5. The summed E-state index contributed by atoms with van der Waals surface area (Å²) in [5, 5.41) is 0. The van der Waals surface area contributed by atoms with E-state index in [1.807, 2.05) is 0 Å². The molecule has 2 nitrogen and oxygen atoms in total. The number of halogens is 3. The molecule has 0 aliphatic carbocycles. The predicted octanol–water partition coefficient (Wildman–Crippen LogP) is 3.60. The summed E-state index contributed by atoms with van der Waals surface area (Å²) in [6, 6.07) is 2.37. The highest BCUT2D eigenvalue weighted by molar-refractivity contribution is 9.10. The van der Waals surface area contributed by atoms with Gasteiger partial charge in [-0.15, -0.1) is 0 Å². The molecule has 18 heavy (non-hydrogen) atoms. The summed E-state index contributed by atoms with van der Waals surface area (Å²) in [6.45, 7) is 3.23. The minimum Gasteiger partial charge on any atom is -0.338 e. The largest absolute Gasteiger partial charge is 0.338 e. The topological polar surface area (TPSA) is 20.3 Å². The van der Waals surface area contributed by atoms with E-state index >= 15 is 0 Å². The van der Waals surface area contributed by atoms with E-state index in [2.05, 4.69) is 22.9 Å². The summed E-state index contributed by atoms with van der Waals surface area (Å²) in [4.78, 5) is 13.6. The van der Waals surface area contributed by atoms with Crippen LogP contribution in [0.2, 0.25) is 0 Å². The Labute approximate surface area is 113 Å². The Kier molecular flexibility index (Phi) is 4.00. The van der Waals surface area contributed by atoms with Crippen molar-refractivity contribution in [3.63, 3.8) is 0 Å². The normalized spacial score (nSPS) is 17.0. The molecule has 98 valence electrons. The van der Waals surface area contributed by atoms with Gasteiger partial charge in [0.1, 0.15) is 11.4 Å². The highest BCUT2D eigenvalue weighted by Gasteiger charge is 2.27. The van der Waals surface area contributed by atoms with Crippen molar-refractivity contribution in [3.05, 3.63) is 33.8 Å². The molecule has 0 spiro atoms. The SMILES string of the molecule is CC1CCN(C(=O)c2c(F)ccc(Br)c2F)CC1. The summed E-state index contributed by atoms with van der Waals surface area (Å²) < 4.78 is 27.5. The molecule has 0 N–H and O–H groups in total. The Balaban J connectivity index is 2.26. The summed E-state index contributed by atoms with van der Waals surface area (Å²) in [5.74, 6) is -1.62. The van der Waals surface area contributed by atoms with Crippen molar-refractivity contribution in [1.82, 2.24) is 4.90 Å². The summed E-state index contributed by atoms with van der Waals surface area (Å²) in [6.07, 6.45) is 1.76. The zero-order valence-electron chi connectivity index (χ0n) is 10.0. The minimum absolute atomic E-state index is 0.109. The first-order chi connectivity index (χ1) is 8.50. The molecule has 0 saturated carbocycles. The molecule has 0 unspecified atom stereocenters. The van der Waals surface area contributed by atoms with Crippen LogP contribution in [0.5, 0.6) is 0 Å². The van der Waals surface area contributed by atoms with Crippen LogP contribution in [0, 0.1) is 17.6 Å². The van der Waals surface area contributed by atoms with Crippen molar-refractivity contribution in [3.8, 4) is 0 Å². The van der Waals surface area contributed by atoms with E-state index in [0.29, 0.717) is 19.0 Å². The highest BCUT2D eigenvalue weighted by atomic mass is 79.9. The Morgan fingerprint density at radius 2 is 1.94 bits per heavy atom. The van der Waals surface area contributed by atoms with Crippen molar-refractivity contribution in [2.24, 2.45) is 5.92 Å². The molecule has 2 rings (SSSR count). The van der Waals surface area contributed by atoms with Crippen LogP contribution in [0.15, 0.2) is 16.6 Å². The van der Waals surface area contributed by atoms with Crippen LogP contribution in [0.4, 0.5) is 8.78 Å². The number of carbonyl (C=O) groups excluding carboxylic acids is 1. The van der Waals surface area contributed by atoms with E-state index in [9.17, 15) is 13.6 Å². The number of carbonyl (C=O) groups is 1. The molecule has 0 radical (unpaired) electrons. The quantitative estimate of drug-likeness (QED) is 0.725.